The van der Waals surface area contributed by atoms with Gasteiger partial charge in [0.2, 0.25) is 0 Å². The molecule has 0 heterocycles. The van der Waals surface area contributed by atoms with Crippen molar-refractivity contribution in [1.82, 2.24) is 5.32 Å². The van der Waals surface area contributed by atoms with Crippen LogP contribution in [0.15, 0.2) is 30.3 Å². The molecule has 1 aromatic rings. The van der Waals surface area contributed by atoms with Crippen molar-refractivity contribution < 1.29 is 23.8 Å². The van der Waals surface area contributed by atoms with Crippen LogP contribution in [0.3, 0.4) is 0 Å². The zero-order valence-corrected chi connectivity index (χ0v) is 14.8. The SMILES string of the molecule is COCC(CC(=O)OC(C)(C)C)NC(=O)OCCc1ccccc1. The van der Waals surface area contributed by atoms with E-state index in [4.69, 9.17) is 14.2 Å². The molecular formula is C18H27NO5. The van der Waals surface area contributed by atoms with Gasteiger partial charge >= 0.3 is 12.1 Å². The number of methoxy groups -OCH3 is 1. The van der Waals surface area contributed by atoms with Gasteiger partial charge in [0.25, 0.3) is 0 Å². The summed E-state index contributed by atoms with van der Waals surface area (Å²) in [6.07, 6.45) is 0.0882. The summed E-state index contributed by atoms with van der Waals surface area (Å²) in [6, 6.07) is 9.25. The van der Waals surface area contributed by atoms with Crippen LogP contribution in [0.25, 0.3) is 0 Å². The minimum atomic E-state index is -0.573. The molecule has 1 amide bonds. The molecule has 1 atom stereocenters. The van der Waals surface area contributed by atoms with E-state index < -0.39 is 23.7 Å². The first-order valence-corrected chi connectivity index (χ1v) is 7.98. The van der Waals surface area contributed by atoms with Crippen LogP contribution in [0.2, 0.25) is 0 Å². The van der Waals surface area contributed by atoms with Gasteiger partial charge in [0.15, 0.2) is 0 Å². The number of alkyl carbamates (subject to hydrolysis) is 1. The molecule has 1 rings (SSSR count). The maximum Gasteiger partial charge on any atom is 0.407 e. The van der Waals surface area contributed by atoms with Crippen LogP contribution < -0.4 is 5.32 Å². The highest BCUT2D eigenvalue weighted by Gasteiger charge is 2.22. The van der Waals surface area contributed by atoms with E-state index in [1.54, 1.807) is 20.8 Å². The average Bonchev–Trinajstić information content (AvgIpc) is 2.46. The largest absolute Gasteiger partial charge is 0.460 e. The molecule has 24 heavy (non-hydrogen) atoms. The Morgan fingerprint density at radius 1 is 1.17 bits per heavy atom. The van der Waals surface area contributed by atoms with Crippen LogP contribution in [-0.4, -0.2) is 44.0 Å². The first-order valence-electron chi connectivity index (χ1n) is 7.98. The van der Waals surface area contributed by atoms with Crippen molar-refractivity contribution in [2.45, 2.75) is 45.3 Å². The van der Waals surface area contributed by atoms with Gasteiger partial charge in [-0.15, -0.1) is 0 Å². The van der Waals surface area contributed by atoms with Crippen molar-refractivity contribution in [3.63, 3.8) is 0 Å². The van der Waals surface area contributed by atoms with Gasteiger partial charge in [0.05, 0.1) is 25.7 Å². The van der Waals surface area contributed by atoms with Crippen LogP contribution in [0.5, 0.6) is 0 Å². The highest BCUT2D eigenvalue weighted by Crippen LogP contribution is 2.09. The molecule has 1 unspecified atom stereocenters. The smallest absolute Gasteiger partial charge is 0.407 e. The van der Waals surface area contributed by atoms with Gasteiger partial charge in [-0.1, -0.05) is 30.3 Å². The molecule has 0 aliphatic carbocycles. The van der Waals surface area contributed by atoms with Gasteiger partial charge in [-0.05, 0) is 26.3 Å². The van der Waals surface area contributed by atoms with Crippen molar-refractivity contribution in [2.24, 2.45) is 0 Å². The molecule has 6 heteroatoms. The lowest BCUT2D eigenvalue weighted by atomic mass is 10.2. The van der Waals surface area contributed by atoms with E-state index in [0.717, 1.165) is 5.56 Å². The van der Waals surface area contributed by atoms with E-state index in [0.29, 0.717) is 6.42 Å². The molecule has 0 saturated heterocycles. The second kappa shape index (κ2) is 9.93. The van der Waals surface area contributed by atoms with Crippen LogP contribution in [-0.2, 0) is 25.4 Å². The quantitative estimate of drug-likeness (QED) is 0.738. The summed E-state index contributed by atoms with van der Waals surface area (Å²) in [5.41, 5.74) is 0.526. The van der Waals surface area contributed by atoms with Crippen molar-refractivity contribution in [2.75, 3.05) is 20.3 Å². The molecular weight excluding hydrogens is 310 g/mol. The Morgan fingerprint density at radius 2 is 1.83 bits per heavy atom. The van der Waals surface area contributed by atoms with Gasteiger partial charge in [0, 0.05) is 13.5 Å². The lowest BCUT2D eigenvalue weighted by Gasteiger charge is -2.22. The standard InChI is InChI=1S/C18H27NO5/c1-18(2,3)24-16(20)12-15(13-22-4)19-17(21)23-11-10-14-8-6-5-7-9-14/h5-9,15H,10-13H2,1-4H3,(H,19,21). The monoisotopic (exact) mass is 337 g/mol. The van der Waals surface area contributed by atoms with E-state index in [-0.39, 0.29) is 19.6 Å². The van der Waals surface area contributed by atoms with E-state index in [1.165, 1.54) is 7.11 Å². The number of hydrogen-bond acceptors (Lipinski definition) is 5. The van der Waals surface area contributed by atoms with Gasteiger partial charge in [-0.3, -0.25) is 4.79 Å². The fourth-order valence-corrected chi connectivity index (χ4v) is 2.05. The number of carbonyl (C=O) groups is 2. The van der Waals surface area contributed by atoms with Gasteiger partial charge < -0.3 is 19.5 Å². The van der Waals surface area contributed by atoms with Gasteiger partial charge in [-0.25, -0.2) is 4.79 Å². The third-order valence-electron chi connectivity index (χ3n) is 2.99. The number of hydrogen-bond donors (Lipinski definition) is 1. The number of benzene rings is 1. The summed E-state index contributed by atoms with van der Waals surface area (Å²) in [5, 5.41) is 2.63. The molecule has 1 N–H and O–H groups in total. The summed E-state index contributed by atoms with van der Waals surface area (Å²) < 4.78 is 15.4. The zero-order chi connectivity index (χ0) is 18.0. The van der Waals surface area contributed by atoms with Crippen molar-refractivity contribution in [1.29, 1.82) is 0 Å². The predicted octanol–water partition coefficient (Wildman–Crippen LogP) is 2.70. The molecule has 0 fully saturated rings. The molecule has 0 radical (unpaired) electrons. The topological polar surface area (TPSA) is 73.9 Å². The number of carbonyl (C=O) groups excluding carboxylic acids is 2. The van der Waals surface area contributed by atoms with Crippen molar-refractivity contribution in [3.05, 3.63) is 35.9 Å². The van der Waals surface area contributed by atoms with E-state index in [9.17, 15) is 9.59 Å². The summed E-state index contributed by atoms with van der Waals surface area (Å²) >= 11 is 0. The summed E-state index contributed by atoms with van der Waals surface area (Å²) in [4.78, 5) is 23.7. The second-order valence-corrected chi connectivity index (χ2v) is 6.46. The summed E-state index contributed by atoms with van der Waals surface area (Å²) in [7, 11) is 1.50. The number of ether oxygens (including phenoxy) is 3. The van der Waals surface area contributed by atoms with Crippen molar-refractivity contribution >= 4 is 12.1 Å². The van der Waals surface area contributed by atoms with E-state index >= 15 is 0 Å². The van der Waals surface area contributed by atoms with Crippen LogP contribution in [0, 0.1) is 0 Å². The molecule has 0 aliphatic rings. The molecule has 0 aromatic heterocycles. The minimum Gasteiger partial charge on any atom is -0.460 e. The van der Waals surface area contributed by atoms with Crippen LogP contribution in [0.1, 0.15) is 32.8 Å². The first kappa shape index (κ1) is 20.0. The molecule has 134 valence electrons. The molecule has 0 spiro atoms. The molecule has 0 aliphatic heterocycles. The average molecular weight is 337 g/mol. The fourth-order valence-electron chi connectivity index (χ4n) is 2.05. The Balaban J connectivity index is 2.37. The lowest BCUT2D eigenvalue weighted by Crippen LogP contribution is -2.41. The molecule has 0 saturated carbocycles. The molecule has 6 nitrogen and oxygen atoms in total. The highest BCUT2D eigenvalue weighted by atomic mass is 16.6. The normalized spacial score (nSPS) is 12.3. The predicted molar refractivity (Wildman–Crippen MR) is 90.8 cm³/mol. The minimum absolute atomic E-state index is 0.0267. The van der Waals surface area contributed by atoms with Crippen LogP contribution >= 0.6 is 0 Å². The zero-order valence-electron chi connectivity index (χ0n) is 14.8. The fraction of sp³-hybridized carbons (Fsp3) is 0.556. The second-order valence-electron chi connectivity index (χ2n) is 6.46. The molecule has 0 bridgehead atoms. The Labute approximate surface area is 143 Å². The third kappa shape index (κ3) is 9.15. The maximum absolute atomic E-state index is 11.9. The summed E-state index contributed by atoms with van der Waals surface area (Å²) in [6.45, 7) is 5.85. The van der Waals surface area contributed by atoms with E-state index in [1.807, 2.05) is 30.3 Å². The first-order chi connectivity index (χ1) is 11.3. The number of amides is 1. The molecule has 1 aromatic carbocycles. The van der Waals surface area contributed by atoms with E-state index in [2.05, 4.69) is 5.32 Å². The maximum atomic E-state index is 11.9. The van der Waals surface area contributed by atoms with Crippen LogP contribution in [0.4, 0.5) is 4.79 Å². The van der Waals surface area contributed by atoms with Crippen molar-refractivity contribution in [3.8, 4) is 0 Å². The highest BCUT2D eigenvalue weighted by molar-refractivity contribution is 5.73. The number of rotatable bonds is 8. The Morgan fingerprint density at radius 3 is 2.42 bits per heavy atom. The number of nitrogens with one attached hydrogen (secondary N) is 1. The Kier molecular flexibility index (Phi) is 8.26. The summed E-state index contributed by atoms with van der Waals surface area (Å²) in [5.74, 6) is -0.394. The van der Waals surface area contributed by atoms with Gasteiger partial charge in [0.1, 0.15) is 5.60 Å². The number of esters is 1. The third-order valence-corrected chi connectivity index (χ3v) is 2.99. The van der Waals surface area contributed by atoms with Gasteiger partial charge in [-0.2, -0.15) is 0 Å². The Hall–Kier alpha value is -2.08. The Bertz CT molecular complexity index is 510. The lowest BCUT2D eigenvalue weighted by molar-refractivity contribution is -0.155.